The number of carbonyl (C=O) groups is 3. The van der Waals surface area contributed by atoms with Gasteiger partial charge in [0.15, 0.2) is 0 Å². The van der Waals surface area contributed by atoms with Crippen molar-refractivity contribution in [3.63, 3.8) is 0 Å². The molecule has 1 unspecified atom stereocenters. The van der Waals surface area contributed by atoms with E-state index >= 15 is 0 Å². The molecule has 2 atom stereocenters. The van der Waals surface area contributed by atoms with E-state index in [1.54, 1.807) is 0 Å². The Morgan fingerprint density at radius 1 is 1.00 bits per heavy atom. The fraction of sp³-hybridized carbons (Fsp3) is 0.381. The van der Waals surface area contributed by atoms with Crippen molar-refractivity contribution in [3.05, 3.63) is 48.0 Å². The summed E-state index contributed by atoms with van der Waals surface area (Å²) >= 11 is 3.95. The van der Waals surface area contributed by atoms with E-state index in [9.17, 15) is 14.4 Å². The first kappa shape index (κ1) is 22.7. The van der Waals surface area contributed by atoms with Gasteiger partial charge in [-0.25, -0.2) is 4.79 Å². The number of fused-ring (bicyclic) bond motifs is 1. The number of benzene rings is 2. The topological polar surface area (TPSA) is 122 Å². The molecule has 0 saturated carbocycles. The molecule has 2 rings (SSSR count). The number of aliphatic carboxylic acids is 1. The Kier molecular flexibility index (Phi) is 8.95. The lowest BCUT2D eigenvalue weighted by atomic mass is 10.0. The molecule has 0 aliphatic carbocycles. The minimum atomic E-state index is -1.17. The number of carboxylic acid groups (broad SMARTS) is 1. The molecule has 0 heterocycles. The van der Waals surface area contributed by atoms with Gasteiger partial charge in [0.2, 0.25) is 11.8 Å². The molecule has 0 bridgehead atoms. The van der Waals surface area contributed by atoms with Crippen molar-refractivity contribution in [2.45, 2.75) is 37.8 Å². The number of nitrogens with two attached hydrogens (primary N) is 1. The van der Waals surface area contributed by atoms with Crippen molar-refractivity contribution in [2.24, 2.45) is 5.73 Å². The highest BCUT2D eigenvalue weighted by Crippen LogP contribution is 2.16. The third kappa shape index (κ3) is 7.07. The molecule has 0 saturated heterocycles. The van der Waals surface area contributed by atoms with Gasteiger partial charge in [-0.3, -0.25) is 9.59 Å². The quantitative estimate of drug-likeness (QED) is 0.280. The van der Waals surface area contributed by atoms with Gasteiger partial charge in [0, 0.05) is 5.75 Å². The Balaban J connectivity index is 2.04. The maximum Gasteiger partial charge on any atom is 0.327 e. The molecule has 0 fully saturated rings. The average molecular weight is 418 g/mol. The Bertz CT molecular complexity index is 859. The van der Waals surface area contributed by atoms with Gasteiger partial charge in [-0.15, -0.1) is 0 Å². The van der Waals surface area contributed by atoms with Gasteiger partial charge in [-0.2, -0.15) is 12.6 Å². The summed E-state index contributed by atoms with van der Waals surface area (Å²) in [6, 6.07) is 11.7. The van der Waals surface area contributed by atoms with Crippen LogP contribution in [0.25, 0.3) is 10.8 Å². The van der Waals surface area contributed by atoms with E-state index in [2.05, 4.69) is 23.3 Å². The van der Waals surface area contributed by atoms with Gasteiger partial charge in [-0.1, -0.05) is 42.5 Å². The average Bonchev–Trinajstić information content (AvgIpc) is 2.70. The van der Waals surface area contributed by atoms with Gasteiger partial charge in [0.25, 0.3) is 0 Å². The molecular formula is C21H27N3O4S. The molecule has 5 N–H and O–H groups in total. The van der Waals surface area contributed by atoms with Crippen LogP contribution in [0.5, 0.6) is 0 Å². The van der Waals surface area contributed by atoms with Gasteiger partial charge in [-0.05, 0) is 42.1 Å². The van der Waals surface area contributed by atoms with E-state index in [0.29, 0.717) is 25.8 Å². The highest BCUT2D eigenvalue weighted by molar-refractivity contribution is 7.80. The van der Waals surface area contributed by atoms with Crippen molar-refractivity contribution in [1.29, 1.82) is 0 Å². The zero-order valence-electron chi connectivity index (χ0n) is 16.1. The van der Waals surface area contributed by atoms with E-state index in [4.69, 9.17) is 10.8 Å². The predicted octanol–water partition coefficient (Wildman–Crippen LogP) is 1.50. The molecule has 29 heavy (non-hydrogen) atoms. The maximum absolute atomic E-state index is 12.5. The molecule has 8 heteroatoms. The summed E-state index contributed by atoms with van der Waals surface area (Å²) in [5.41, 5.74) is 6.34. The zero-order valence-corrected chi connectivity index (χ0v) is 17.0. The van der Waals surface area contributed by atoms with E-state index in [0.717, 1.165) is 16.3 Å². The highest BCUT2D eigenvalue weighted by Gasteiger charge is 2.25. The Morgan fingerprint density at radius 2 is 1.72 bits per heavy atom. The van der Waals surface area contributed by atoms with Crippen LogP contribution in [-0.2, 0) is 20.8 Å². The first-order valence-corrected chi connectivity index (χ1v) is 10.2. The standard InChI is InChI=1S/C21H27N3O4S/c22-10-4-3-7-17(20(26)24-18(13-29)21(27)28)23-19(25)12-14-8-9-15-5-1-2-6-16(15)11-14/h1-2,5-6,8-9,11,17-18,29H,3-4,7,10,12-13,22H2,(H,23,25)(H,24,26)(H,27,28)/t17?,18-/m0/s1. The van der Waals surface area contributed by atoms with Gasteiger partial charge >= 0.3 is 5.97 Å². The minimum absolute atomic E-state index is 0.0401. The number of carboxylic acids is 1. The second-order valence-electron chi connectivity index (χ2n) is 6.84. The summed E-state index contributed by atoms with van der Waals surface area (Å²) in [7, 11) is 0. The van der Waals surface area contributed by atoms with Crippen LogP contribution in [-0.4, -0.2) is 47.3 Å². The molecular weight excluding hydrogens is 390 g/mol. The van der Waals surface area contributed by atoms with Crippen LogP contribution in [0.3, 0.4) is 0 Å². The fourth-order valence-corrected chi connectivity index (χ4v) is 3.25. The largest absolute Gasteiger partial charge is 0.480 e. The van der Waals surface area contributed by atoms with Gasteiger partial charge < -0.3 is 21.5 Å². The summed E-state index contributed by atoms with van der Waals surface area (Å²) < 4.78 is 0. The van der Waals surface area contributed by atoms with Crippen LogP contribution < -0.4 is 16.4 Å². The molecule has 156 valence electrons. The van der Waals surface area contributed by atoms with Gasteiger partial charge in [0.05, 0.1) is 6.42 Å². The van der Waals surface area contributed by atoms with Crippen molar-refractivity contribution >= 4 is 41.2 Å². The smallest absolute Gasteiger partial charge is 0.327 e. The van der Waals surface area contributed by atoms with Crippen molar-refractivity contribution in [3.8, 4) is 0 Å². The SMILES string of the molecule is NCCCCC(NC(=O)Cc1ccc2ccccc2c1)C(=O)N[C@@H](CS)C(=O)O. The first-order valence-electron chi connectivity index (χ1n) is 9.55. The molecule has 2 aromatic rings. The number of amides is 2. The normalized spacial score (nSPS) is 12.9. The van der Waals surface area contributed by atoms with Crippen LogP contribution in [0.4, 0.5) is 0 Å². The Morgan fingerprint density at radius 3 is 2.38 bits per heavy atom. The number of unbranched alkanes of at least 4 members (excludes halogenated alkanes) is 1. The van der Waals surface area contributed by atoms with Crippen LogP contribution in [0.1, 0.15) is 24.8 Å². The van der Waals surface area contributed by atoms with Crippen molar-refractivity contribution in [2.75, 3.05) is 12.3 Å². The van der Waals surface area contributed by atoms with Crippen LogP contribution in [0, 0.1) is 0 Å². The minimum Gasteiger partial charge on any atom is -0.480 e. The number of hydrogen-bond acceptors (Lipinski definition) is 5. The molecule has 0 aromatic heterocycles. The molecule has 2 aromatic carbocycles. The van der Waals surface area contributed by atoms with Crippen molar-refractivity contribution in [1.82, 2.24) is 10.6 Å². The molecule has 0 aliphatic rings. The summed E-state index contributed by atoms with van der Waals surface area (Å²) in [5, 5.41) is 16.4. The maximum atomic E-state index is 12.5. The second kappa shape index (κ2) is 11.4. The molecule has 2 amide bonds. The van der Waals surface area contributed by atoms with Crippen LogP contribution in [0.2, 0.25) is 0 Å². The first-order chi connectivity index (χ1) is 13.9. The lowest BCUT2D eigenvalue weighted by Gasteiger charge is -2.21. The lowest BCUT2D eigenvalue weighted by Crippen LogP contribution is -2.52. The van der Waals surface area contributed by atoms with Gasteiger partial charge in [0.1, 0.15) is 12.1 Å². The third-order valence-electron chi connectivity index (χ3n) is 4.57. The lowest BCUT2D eigenvalue weighted by molar-refractivity contribution is -0.141. The monoisotopic (exact) mass is 417 g/mol. The second-order valence-corrected chi connectivity index (χ2v) is 7.21. The van der Waals surface area contributed by atoms with Crippen LogP contribution >= 0.6 is 12.6 Å². The summed E-state index contributed by atoms with van der Waals surface area (Å²) in [6.45, 7) is 0.480. The number of nitrogens with one attached hydrogen (secondary N) is 2. The predicted molar refractivity (Wildman–Crippen MR) is 116 cm³/mol. The number of rotatable bonds is 11. The van der Waals surface area contributed by atoms with Crippen LogP contribution in [0.15, 0.2) is 42.5 Å². The fourth-order valence-electron chi connectivity index (χ4n) is 3.00. The van der Waals surface area contributed by atoms with E-state index < -0.39 is 24.0 Å². The summed E-state index contributed by atoms with van der Waals surface area (Å²) in [6.07, 6.45) is 1.86. The summed E-state index contributed by atoms with van der Waals surface area (Å²) in [4.78, 5) is 36.2. The summed E-state index contributed by atoms with van der Waals surface area (Å²) in [5.74, 6) is -2.04. The Hall–Kier alpha value is -2.58. The number of carbonyl (C=O) groups excluding carboxylic acids is 2. The molecule has 0 spiro atoms. The molecule has 0 radical (unpaired) electrons. The molecule has 7 nitrogen and oxygen atoms in total. The van der Waals surface area contributed by atoms with E-state index in [1.165, 1.54) is 0 Å². The van der Waals surface area contributed by atoms with E-state index in [1.807, 2.05) is 42.5 Å². The Labute approximate surface area is 175 Å². The van der Waals surface area contributed by atoms with E-state index in [-0.39, 0.29) is 18.1 Å². The van der Waals surface area contributed by atoms with Crippen molar-refractivity contribution < 1.29 is 19.5 Å². The third-order valence-corrected chi connectivity index (χ3v) is 4.94. The number of hydrogen-bond donors (Lipinski definition) is 5. The number of thiol groups is 1. The zero-order chi connectivity index (χ0) is 21.2. The molecule has 0 aliphatic heterocycles. The highest BCUT2D eigenvalue weighted by atomic mass is 32.1.